The number of carbonyl (C=O) groups excluding carboxylic acids is 1. The highest BCUT2D eigenvalue weighted by molar-refractivity contribution is 5.60. The molecular formula is C11H18O3. The van der Waals surface area contributed by atoms with Gasteiger partial charge in [0.25, 0.3) is 0 Å². The SMILES string of the molecule is C=C[C@H](OC(=O)OC)C1CCCCC1. The minimum atomic E-state index is -0.611. The fourth-order valence-electron chi connectivity index (χ4n) is 1.96. The molecule has 1 atom stereocenters. The lowest BCUT2D eigenvalue weighted by Gasteiger charge is -2.27. The summed E-state index contributed by atoms with van der Waals surface area (Å²) in [5, 5.41) is 0. The molecule has 1 aliphatic carbocycles. The monoisotopic (exact) mass is 198 g/mol. The van der Waals surface area contributed by atoms with Gasteiger partial charge in [0.15, 0.2) is 0 Å². The zero-order valence-electron chi connectivity index (χ0n) is 8.70. The fraction of sp³-hybridized carbons (Fsp3) is 0.727. The molecule has 0 aromatic carbocycles. The third-order valence-corrected chi connectivity index (χ3v) is 2.75. The second-order valence-electron chi connectivity index (χ2n) is 3.67. The lowest BCUT2D eigenvalue weighted by molar-refractivity contribution is 0.0254. The van der Waals surface area contributed by atoms with Gasteiger partial charge >= 0.3 is 6.16 Å². The lowest BCUT2D eigenvalue weighted by atomic mass is 9.85. The van der Waals surface area contributed by atoms with Crippen LogP contribution >= 0.6 is 0 Å². The molecule has 1 fully saturated rings. The number of carbonyl (C=O) groups is 1. The van der Waals surface area contributed by atoms with Crippen LogP contribution in [0.1, 0.15) is 32.1 Å². The van der Waals surface area contributed by atoms with Crippen LogP contribution in [-0.2, 0) is 9.47 Å². The Bertz CT molecular complexity index is 195. The molecule has 0 N–H and O–H groups in total. The fourth-order valence-corrected chi connectivity index (χ4v) is 1.96. The van der Waals surface area contributed by atoms with Gasteiger partial charge in [0, 0.05) is 0 Å². The number of rotatable bonds is 3. The summed E-state index contributed by atoms with van der Waals surface area (Å²) < 4.78 is 9.57. The average Bonchev–Trinajstić information content (AvgIpc) is 2.26. The van der Waals surface area contributed by atoms with Crippen LogP contribution in [0.2, 0.25) is 0 Å². The molecule has 0 aromatic heterocycles. The van der Waals surface area contributed by atoms with Crippen LogP contribution in [-0.4, -0.2) is 19.4 Å². The van der Waals surface area contributed by atoms with E-state index in [1.807, 2.05) is 0 Å². The molecule has 14 heavy (non-hydrogen) atoms. The Morgan fingerprint density at radius 2 is 2.07 bits per heavy atom. The van der Waals surface area contributed by atoms with Gasteiger partial charge in [-0.25, -0.2) is 4.79 Å². The first kappa shape index (κ1) is 11.1. The van der Waals surface area contributed by atoms with Crippen molar-refractivity contribution in [2.45, 2.75) is 38.2 Å². The molecule has 0 heterocycles. The zero-order chi connectivity index (χ0) is 10.4. The van der Waals surface area contributed by atoms with E-state index < -0.39 is 6.16 Å². The van der Waals surface area contributed by atoms with E-state index in [1.165, 1.54) is 26.4 Å². The molecule has 1 saturated carbocycles. The summed E-state index contributed by atoms with van der Waals surface area (Å²) in [6.07, 6.45) is 6.88. The van der Waals surface area contributed by atoms with Gasteiger partial charge in [-0.15, -0.1) is 0 Å². The number of methoxy groups -OCH3 is 1. The van der Waals surface area contributed by atoms with Gasteiger partial charge in [-0.3, -0.25) is 0 Å². The molecule has 3 heteroatoms. The Hall–Kier alpha value is -0.990. The van der Waals surface area contributed by atoms with E-state index in [9.17, 15) is 4.79 Å². The van der Waals surface area contributed by atoms with Gasteiger partial charge < -0.3 is 9.47 Å². The third-order valence-electron chi connectivity index (χ3n) is 2.75. The van der Waals surface area contributed by atoms with Gasteiger partial charge in [0.1, 0.15) is 6.10 Å². The van der Waals surface area contributed by atoms with Crippen molar-refractivity contribution in [2.75, 3.05) is 7.11 Å². The van der Waals surface area contributed by atoms with Crippen LogP contribution in [0.15, 0.2) is 12.7 Å². The zero-order valence-corrected chi connectivity index (χ0v) is 8.70. The van der Waals surface area contributed by atoms with Crippen molar-refractivity contribution in [3.63, 3.8) is 0 Å². The van der Waals surface area contributed by atoms with Crippen molar-refractivity contribution in [2.24, 2.45) is 5.92 Å². The van der Waals surface area contributed by atoms with E-state index in [1.54, 1.807) is 6.08 Å². The summed E-state index contributed by atoms with van der Waals surface area (Å²) in [5.41, 5.74) is 0. The van der Waals surface area contributed by atoms with E-state index in [4.69, 9.17) is 4.74 Å². The van der Waals surface area contributed by atoms with Crippen molar-refractivity contribution in [3.8, 4) is 0 Å². The van der Waals surface area contributed by atoms with Crippen LogP contribution in [0.4, 0.5) is 4.79 Å². The molecule has 80 valence electrons. The second kappa shape index (κ2) is 5.68. The van der Waals surface area contributed by atoms with Crippen LogP contribution in [0.5, 0.6) is 0 Å². The summed E-state index contributed by atoms with van der Waals surface area (Å²) in [6.45, 7) is 3.69. The normalized spacial score (nSPS) is 19.8. The van der Waals surface area contributed by atoms with Crippen molar-refractivity contribution in [1.29, 1.82) is 0 Å². The molecule has 0 saturated heterocycles. The molecular weight excluding hydrogens is 180 g/mol. The Balaban J connectivity index is 2.43. The number of hydrogen-bond acceptors (Lipinski definition) is 3. The average molecular weight is 198 g/mol. The highest BCUT2D eigenvalue weighted by Gasteiger charge is 2.24. The minimum Gasteiger partial charge on any atom is -0.438 e. The Labute approximate surface area is 85.1 Å². The van der Waals surface area contributed by atoms with Crippen molar-refractivity contribution in [1.82, 2.24) is 0 Å². The van der Waals surface area contributed by atoms with E-state index in [2.05, 4.69) is 11.3 Å². The van der Waals surface area contributed by atoms with Gasteiger partial charge in [0.2, 0.25) is 0 Å². The van der Waals surface area contributed by atoms with Crippen LogP contribution in [0.3, 0.4) is 0 Å². The quantitative estimate of drug-likeness (QED) is 0.516. The molecule has 0 spiro atoms. The minimum absolute atomic E-state index is 0.178. The standard InChI is InChI=1S/C11H18O3/c1-3-10(14-11(12)13-2)9-7-5-4-6-8-9/h3,9-10H,1,4-8H2,2H3/t10-/m0/s1. The molecule has 1 rings (SSSR count). The summed E-state index contributed by atoms with van der Waals surface area (Å²) >= 11 is 0. The third kappa shape index (κ3) is 3.05. The molecule has 0 unspecified atom stereocenters. The number of ether oxygens (including phenoxy) is 2. The molecule has 3 nitrogen and oxygen atoms in total. The highest BCUT2D eigenvalue weighted by atomic mass is 16.7. The van der Waals surface area contributed by atoms with E-state index >= 15 is 0 Å². The molecule has 0 bridgehead atoms. The van der Waals surface area contributed by atoms with Crippen LogP contribution in [0.25, 0.3) is 0 Å². The maximum atomic E-state index is 10.9. The van der Waals surface area contributed by atoms with Gasteiger partial charge in [0.05, 0.1) is 7.11 Å². The smallest absolute Gasteiger partial charge is 0.438 e. The summed E-state index contributed by atoms with van der Waals surface area (Å²) in [4.78, 5) is 10.9. The lowest BCUT2D eigenvalue weighted by Crippen LogP contribution is -2.26. The topological polar surface area (TPSA) is 35.5 Å². The number of hydrogen-bond donors (Lipinski definition) is 0. The van der Waals surface area contributed by atoms with Crippen LogP contribution < -0.4 is 0 Å². The summed E-state index contributed by atoms with van der Waals surface area (Å²) in [5.74, 6) is 0.431. The summed E-state index contributed by atoms with van der Waals surface area (Å²) in [6, 6.07) is 0. The predicted molar refractivity (Wildman–Crippen MR) is 54.1 cm³/mol. The first-order valence-electron chi connectivity index (χ1n) is 5.15. The van der Waals surface area contributed by atoms with E-state index in [-0.39, 0.29) is 6.10 Å². The van der Waals surface area contributed by atoms with Crippen LogP contribution in [0, 0.1) is 5.92 Å². The molecule has 0 aliphatic heterocycles. The summed E-state index contributed by atoms with van der Waals surface area (Å²) in [7, 11) is 1.32. The Morgan fingerprint density at radius 3 is 2.57 bits per heavy atom. The predicted octanol–water partition coefficient (Wildman–Crippen LogP) is 2.90. The van der Waals surface area contributed by atoms with Crippen molar-refractivity contribution < 1.29 is 14.3 Å². The molecule has 1 aliphatic rings. The van der Waals surface area contributed by atoms with Gasteiger partial charge in [-0.05, 0) is 18.8 Å². The molecule has 0 aromatic rings. The molecule has 0 radical (unpaired) electrons. The Kier molecular flexibility index (Phi) is 4.50. The van der Waals surface area contributed by atoms with Crippen molar-refractivity contribution in [3.05, 3.63) is 12.7 Å². The van der Waals surface area contributed by atoms with Crippen molar-refractivity contribution >= 4 is 6.16 Å². The van der Waals surface area contributed by atoms with Gasteiger partial charge in [-0.2, -0.15) is 0 Å². The first-order chi connectivity index (χ1) is 6.77. The first-order valence-corrected chi connectivity index (χ1v) is 5.15. The van der Waals surface area contributed by atoms with E-state index in [0.717, 1.165) is 12.8 Å². The molecule has 0 amide bonds. The second-order valence-corrected chi connectivity index (χ2v) is 3.67. The maximum absolute atomic E-state index is 10.9. The maximum Gasteiger partial charge on any atom is 0.508 e. The Morgan fingerprint density at radius 1 is 1.43 bits per heavy atom. The largest absolute Gasteiger partial charge is 0.508 e. The highest BCUT2D eigenvalue weighted by Crippen LogP contribution is 2.28. The van der Waals surface area contributed by atoms with E-state index in [0.29, 0.717) is 5.92 Å². The van der Waals surface area contributed by atoms with Gasteiger partial charge in [-0.1, -0.05) is 31.9 Å².